The molecule has 1 saturated heterocycles. The summed E-state index contributed by atoms with van der Waals surface area (Å²) in [5.74, 6) is -1.41. The number of carbonyl (C=O) groups is 4. The fraction of sp³-hybridized carbons (Fsp3) is 0.391. The summed E-state index contributed by atoms with van der Waals surface area (Å²) in [6.07, 6.45) is 4.00. The molecule has 4 amide bonds. The van der Waals surface area contributed by atoms with Gasteiger partial charge in [0, 0.05) is 0 Å². The number of hydrogen-bond acceptors (Lipinski definition) is 7. The monoisotopic (exact) mass is 464 g/mol. The van der Waals surface area contributed by atoms with Crippen molar-refractivity contribution >= 4 is 29.6 Å². The molecule has 1 saturated carbocycles. The Morgan fingerprint density at radius 2 is 1.97 bits per heavy atom. The average molecular weight is 464 g/mol. The number of rotatable bonds is 6. The van der Waals surface area contributed by atoms with Crippen molar-refractivity contribution in [2.24, 2.45) is 5.92 Å². The van der Waals surface area contributed by atoms with Gasteiger partial charge in [-0.15, -0.1) is 0 Å². The predicted octanol–water partition coefficient (Wildman–Crippen LogP) is 1.73. The lowest BCUT2D eigenvalue weighted by atomic mass is 9.77. The van der Waals surface area contributed by atoms with Crippen LogP contribution >= 0.6 is 0 Å². The molecule has 2 heterocycles. The number of hydrogen-bond donors (Lipinski definition) is 2. The van der Waals surface area contributed by atoms with Crippen LogP contribution < -0.4 is 10.6 Å². The molecule has 0 atom stereocenters. The number of imide groups is 1. The van der Waals surface area contributed by atoms with E-state index in [9.17, 15) is 24.4 Å². The number of ether oxygens (including phenoxy) is 1. The second-order valence-electron chi connectivity index (χ2n) is 8.56. The summed E-state index contributed by atoms with van der Waals surface area (Å²) in [4.78, 5) is 50.7. The van der Waals surface area contributed by atoms with Crippen LogP contribution in [0.25, 0.3) is 5.69 Å². The van der Waals surface area contributed by atoms with E-state index in [1.54, 1.807) is 24.3 Å². The summed E-state index contributed by atoms with van der Waals surface area (Å²) in [6, 6.07) is 10.2. The number of nitrogens with zero attached hydrogens (tertiary/aromatic N) is 4. The molecule has 176 valence electrons. The summed E-state index contributed by atoms with van der Waals surface area (Å²) < 4.78 is 6.37. The van der Waals surface area contributed by atoms with Crippen molar-refractivity contribution in [1.29, 1.82) is 5.26 Å². The molecule has 34 heavy (non-hydrogen) atoms. The highest BCUT2D eigenvalue weighted by Crippen LogP contribution is 2.36. The van der Waals surface area contributed by atoms with E-state index in [-0.39, 0.29) is 11.4 Å². The van der Waals surface area contributed by atoms with Gasteiger partial charge in [0.2, 0.25) is 0 Å². The molecule has 4 rings (SSSR count). The van der Waals surface area contributed by atoms with E-state index in [1.165, 1.54) is 10.9 Å². The van der Waals surface area contributed by atoms with Crippen molar-refractivity contribution in [3.8, 4) is 11.8 Å². The van der Waals surface area contributed by atoms with E-state index in [0.717, 1.165) is 17.7 Å². The minimum atomic E-state index is -0.954. The number of aromatic nitrogens is 2. The van der Waals surface area contributed by atoms with Gasteiger partial charge in [0.25, 0.3) is 11.8 Å². The van der Waals surface area contributed by atoms with Crippen molar-refractivity contribution in [3.05, 3.63) is 42.1 Å². The molecule has 2 aromatic rings. The van der Waals surface area contributed by atoms with Crippen LogP contribution in [0.1, 0.15) is 38.2 Å². The van der Waals surface area contributed by atoms with Crippen LogP contribution in [0.4, 0.5) is 10.6 Å². The molecule has 1 aromatic heterocycles. The Hall–Kier alpha value is -4.20. The Balaban J connectivity index is 1.34. The molecule has 2 fully saturated rings. The maximum Gasteiger partial charge on any atom is 0.326 e. The molecule has 1 aliphatic heterocycles. The SMILES string of the molecule is CC1CCC2(CC1)NC(=O)N(CC(=O)OCC(=O)Nc1c(C#N)cnn1-c1ccccc1)C2=O. The first-order valence-electron chi connectivity index (χ1n) is 11.0. The molecular weight excluding hydrogens is 440 g/mol. The molecule has 11 heteroatoms. The first-order chi connectivity index (χ1) is 16.3. The zero-order valence-electron chi connectivity index (χ0n) is 18.6. The van der Waals surface area contributed by atoms with Crippen molar-refractivity contribution in [1.82, 2.24) is 20.0 Å². The smallest absolute Gasteiger partial charge is 0.326 e. The van der Waals surface area contributed by atoms with Gasteiger partial charge in [-0.25, -0.2) is 9.48 Å². The van der Waals surface area contributed by atoms with E-state index < -0.39 is 42.5 Å². The van der Waals surface area contributed by atoms with Gasteiger partial charge in [0.1, 0.15) is 23.7 Å². The van der Waals surface area contributed by atoms with Crippen molar-refractivity contribution in [2.45, 2.75) is 38.1 Å². The first kappa shape index (κ1) is 23.0. The number of para-hydroxylation sites is 1. The molecule has 0 unspecified atom stereocenters. The zero-order valence-corrected chi connectivity index (χ0v) is 18.6. The van der Waals surface area contributed by atoms with Gasteiger partial charge in [-0.3, -0.25) is 19.3 Å². The lowest BCUT2D eigenvalue weighted by molar-refractivity contribution is -0.150. The number of amides is 4. The van der Waals surface area contributed by atoms with Gasteiger partial charge in [-0.05, 0) is 43.7 Å². The normalized spacial score (nSPS) is 21.8. The van der Waals surface area contributed by atoms with Crippen LogP contribution in [0.15, 0.2) is 36.5 Å². The van der Waals surface area contributed by atoms with Crippen molar-refractivity contribution in [3.63, 3.8) is 0 Å². The molecule has 1 aliphatic carbocycles. The lowest BCUT2D eigenvalue weighted by Gasteiger charge is -2.33. The van der Waals surface area contributed by atoms with Gasteiger partial charge in [0.15, 0.2) is 12.4 Å². The maximum atomic E-state index is 12.8. The summed E-state index contributed by atoms with van der Waals surface area (Å²) in [7, 11) is 0. The van der Waals surface area contributed by atoms with Gasteiger partial charge in [-0.2, -0.15) is 10.4 Å². The molecule has 1 spiro atoms. The summed E-state index contributed by atoms with van der Waals surface area (Å²) in [6.45, 7) is 0.858. The fourth-order valence-electron chi connectivity index (χ4n) is 4.22. The van der Waals surface area contributed by atoms with Crippen molar-refractivity contribution < 1.29 is 23.9 Å². The van der Waals surface area contributed by atoms with E-state index in [1.807, 2.05) is 12.1 Å². The molecule has 2 aliphatic rings. The minimum absolute atomic E-state index is 0.134. The number of benzene rings is 1. The minimum Gasteiger partial charge on any atom is -0.454 e. The quantitative estimate of drug-likeness (QED) is 0.489. The number of nitriles is 1. The Labute approximate surface area is 195 Å². The number of esters is 1. The predicted molar refractivity (Wildman–Crippen MR) is 118 cm³/mol. The topological polar surface area (TPSA) is 146 Å². The molecule has 1 aromatic carbocycles. The fourth-order valence-corrected chi connectivity index (χ4v) is 4.22. The third kappa shape index (κ3) is 4.47. The first-order valence-corrected chi connectivity index (χ1v) is 11.0. The highest BCUT2D eigenvalue weighted by Gasteiger charge is 2.52. The standard InChI is InChI=1S/C23H24N6O5/c1-15-7-9-23(10-8-15)21(32)28(22(33)27-23)13-19(31)34-14-18(30)26-20-16(11-24)12-25-29(20)17-5-3-2-4-6-17/h2-6,12,15H,7-10,13-14H2,1H3,(H,26,30)(H,27,33). The maximum absolute atomic E-state index is 12.8. The molecule has 0 bridgehead atoms. The van der Waals surface area contributed by atoms with Crippen LogP contribution in [0.3, 0.4) is 0 Å². The van der Waals surface area contributed by atoms with Gasteiger partial charge >= 0.3 is 12.0 Å². The van der Waals surface area contributed by atoms with Gasteiger partial charge in [-0.1, -0.05) is 25.1 Å². The van der Waals surface area contributed by atoms with Crippen molar-refractivity contribution in [2.75, 3.05) is 18.5 Å². The van der Waals surface area contributed by atoms with E-state index >= 15 is 0 Å². The second kappa shape index (κ2) is 9.35. The number of anilines is 1. The Morgan fingerprint density at radius 1 is 1.26 bits per heavy atom. The van der Waals surface area contributed by atoms with E-state index in [0.29, 0.717) is 24.4 Å². The average Bonchev–Trinajstić information content (AvgIpc) is 3.34. The van der Waals surface area contributed by atoms with Gasteiger partial charge in [0.05, 0.1) is 11.9 Å². The summed E-state index contributed by atoms with van der Waals surface area (Å²) >= 11 is 0. The largest absolute Gasteiger partial charge is 0.454 e. The van der Waals surface area contributed by atoms with Crippen LogP contribution in [-0.4, -0.2) is 57.2 Å². The zero-order chi connectivity index (χ0) is 24.3. The highest BCUT2D eigenvalue weighted by atomic mass is 16.5. The summed E-state index contributed by atoms with van der Waals surface area (Å²) in [5, 5.41) is 18.7. The van der Waals surface area contributed by atoms with Gasteiger partial charge < -0.3 is 15.4 Å². The molecular formula is C23H24N6O5. The van der Waals surface area contributed by atoms with Crippen LogP contribution in [0.2, 0.25) is 0 Å². The van der Waals surface area contributed by atoms with Crippen LogP contribution in [0.5, 0.6) is 0 Å². The molecule has 0 radical (unpaired) electrons. The van der Waals surface area contributed by atoms with Crippen LogP contribution in [0, 0.1) is 17.2 Å². The number of carbonyl (C=O) groups excluding carboxylic acids is 4. The van der Waals surface area contributed by atoms with Crippen LogP contribution in [-0.2, 0) is 19.1 Å². The Bertz CT molecular complexity index is 1160. The number of nitrogens with one attached hydrogen (secondary N) is 2. The summed E-state index contributed by atoms with van der Waals surface area (Å²) in [5.41, 5.74) is -0.194. The van der Waals surface area contributed by atoms with E-state index in [4.69, 9.17) is 4.74 Å². The lowest BCUT2D eigenvalue weighted by Crippen LogP contribution is -2.49. The number of urea groups is 1. The highest BCUT2D eigenvalue weighted by molar-refractivity contribution is 6.08. The second-order valence-corrected chi connectivity index (χ2v) is 8.56. The third-order valence-electron chi connectivity index (χ3n) is 6.17. The Morgan fingerprint density at radius 3 is 2.65 bits per heavy atom. The van der Waals surface area contributed by atoms with E-state index in [2.05, 4.69) is 22.7 Å². The molecule has 2 N–H and O–H groups in total. The molecule has 11 nitrogen and oxygen atoms in total. The Kier molecular flexibility index (Phi) is 6.32. The third-order valence-corrected chi connectivity index (χ3v) is 6.17.